The van der Waals surface area contributed by atoms with Gasteiger partial charge in [-0.05, 0) is 12.1 Å². The molecule has 0 bridgehead atoms. The molecule has 19 heavy (non-hydrogen) atoms. The Bertz CT molecular complexity index is 643. The summed E-state index contributed by atoms with van der Waals surface area (Å²) in [6.07, 6.45) is -1.04. The van der Waals surface area contributed by atoms with Gasteiger partial charge in [0.05, 0.1) is 24.4 Å². The molecule has 96 valence electrons. The Kier molecular flexibility index (Phi) is 3.95. The molecule has 1 atom stereocenters. The van der Waals surface area contributed by atoms with Crippen molar-refractivity contribution >= 4 is 11.3 Å². The van der Waals surface area contributed by atoms with Crippen molar-refractivity contribution in [2.24, 2.45) is 0 Å². The van der Waals surface area contributed by atoms with Gasteiger partial charge >= 0.3 is 0 Å². The summed E-state index contributed by atoms with van der Waals surface area (Å²) in [6.45, 7) is 3.49. The molecule has 5 heteroatoms. The predicted octanol–water partition coefficient (Wildman–Crippen LogP) is 2.93. The van der Waals surface area contributed by atoms with Crippen LogP contribution in [-0.2, 0) is 0 Å². The van der Waals surface area contributed by atoms with Crippen molar-refractivity contribution in [1.29, 1.82) is 5.26 Å². The summed E-state index contributed by atoms with van der Waals surface area (Å²) in [4.78, 5) is 4.33. The Hall–Kier alpha value is -2.16. The van der Waals surface area contributed by atoms with E-state index < -0.39 is 6.10 Å². The maximum absolute atomic E-state index is 9.85. The number of thiazole rings is 1. The fraction of sp³-hybridized carbons (Fsp3) is 0.143. The highest BCUT2D eigenvalue weighted by atomic mass is 32.1. The fourth-order valence-electron chi connectivity index (χ4n) is 1.54. The normalized spacial score (nSPS) is 11.6. The lowest BCUT2D eigenvalue weighted by Crippen LogP contribution is -1.99. The van der Waals surface area contributed by atoms with Gasteiger partial charge in [0.2, 0.25) is 0 Å². The maximum atomic E-state index is 9.85. The maximum Gasteiger partial charge on any atom is 0.131 e. The number of hydrogen-bond donors (Lipinski definition) is 1. The molecule has 0 aliphatic rings. The first kappa shape index (κ1) is 13.3. The van der Waals surface area contributed by atoms with Gasteiger partial charge in [-0.3, -0.25) is 0 Å². The monoisotopic (exact) mass is 272 g/mol. The third kappa shape index (κ3) is 2.81. The first-order chi connectivity index (χ1) is 9.15. The summed E-state index contributed by atoms with van der Waals surface area (Å²) < 4.78 is 5.16. The average molecular weight is 272 g/mol. The van der Waals surface area contributed by atoms with Crippen molar-refractivity contribution in [3.05, 3.63) is 47.5 Å². The van der Waals surface area contributed by atoms with Crippen LogP contribution in [0.25, 0.3) is 10.6 Å². The summed E-state index contributed by atoms with van der Waals surface area (Å²) in [6, 6.07) is 9.34. The lowest BCUT2D eigenvalue weighted by molar-refractivity contribution is 0.217. The molecule has 0 radical (unpaired) electrons. The largest absolute Gasteiger partial charge is 0.497 e. The lowest BCUT2D eigenvalue weighted by atomic mass is 10.1. The minimum Gasteiger partial charge on any atom is -0.497 e. The first-order valence-electron chi connectivity index (χ1n) is 5.52. The highest BCUT2D eigenvalue weighted by molar-refractivity contribution is 7.13. The molecule has 4 nitrogen and oxygen atoms in total. The molecule has 0 fully saturated rings. The zero-order chi connectivity index (χ0) is 13.8. The van der Waals surface area contributed by atoms with E-state index in [9.17, 15) is 5.11 Å². The van der Waals surface area contributed by atoms with E-state index in [4.69, 9.17) is 10.00 Å². The van der Waals surface area contributed by atoms with Crippen LogP contribution in [-0.4, -0.2) is 17.2 Å². The van der Waals surface area contributed by atoms with Crippen LogP contribution in [0.5, 0.6) is 5.75 Å². The Balaban J connectivity index is 2.30. The van der Waals surface area contributed by atoms with Crippen LogP contribution in [0.4, 0.5) is 0 Å². The molecule has 1 aromatic carbocycles. The van der Waals surface area contributed by atoms with Gasteiger partial charge in [-0.15, -0.1) is 11.3 Å². The fourth-order valence-corrected chi connectivity index (χ4v) is 2.38. The van der Waals surface area contributed by atoms with Crippen molar-refractivity contribution in [2.45, 2.75) is 6.10 Å². The number of benzene rings is 1. The number of aliphatic hydroxyl groups excluding tert-OH is 1. The molecule has 0 saturated carbocycles. The van der Waals surface area contributed by atoms with Gasteiger partial charge < -0.3 is 9.84 Å². The van der Waals surface area contributed by atoms with E-state index in [2.05, 4.69) is 11.6 Å². The van der Waals surface area contributed by atoms with Gasteiger partial charge in [0.15, 0.2) is 0 Å². The summed E-state index contributed by atoms with van der Waals surface area (Å²) in [5.74, 6) is 0.747. The van der Waals surface area contributed by atoms with Crippen molar-refractivity contribution in [2.75, 3.05) is 7.11 Å². The molecule has 2 rings (SSSR count). The second-order valence-corrected chi connectivity index (χ2v) is 4.71. The Labute approximate surface area is 115 Å². The van der Waals surface area contributed by atoms with Crippen LogP contribution in [0.1, 0.15) is 11.8 Å². The number of ether oxygens (including phenoxy) is 1. The van der Waals surface area contributed by atoms with Crippen LogP contribution in [0.2, 0.25) is 0 Å². The number of aromatic nitrogens is 1. The highest BCUT2D eigenvalue weighted by Gasteiger charge is 2.15. The van der Waals surface area contributed by atoms with Gasteiger partial charge in [-0.2, -0.15) is 5.26 Å². The van der Waals surface area contributed by atoms with Crippen molar-refractivity contribution < 1.29 is 9.84 Å². The minimum absolute atomic E-state index is 0.0856. The third-order valence-corrected chi connectivity index (χ3v) is 3.50. The molecule has 1 aromatic heterocycles. The van der Waals surface area contributed by atoms with Gasteiger partial charge in [0.25, 0.3) is 0 Å². The van der Waals surface area contributed by atoms with Crippen molar-refractivity contribution in [3.8, 4) is 22.4 Å². The van der Waals surface area contributed by atoms with Gasteiger partial charge in [-0.25, -0.2) is 4.98 Å². The topological polar surface area (TPSA) is 66.1 Å². The van der Waals surface area contributed by atoms with Crippen LogP contribution < -0.4 is 4.74 Å². The second kappa shape index (κ2) is 5.65. The second-order valence-electron chi connectivity index (χ2n) is 3.85. The molecule has 0 amide bonds. The van der Waals surface area contributed by atoms with Gasteiger partial charge in [0, 0.05) is 10.9 Å². The average Bonchev–Trinajstić information content (AvgIpc) is 2.95. The molecule has 0 aliphatic carbocycles. The quantitative estimate of drug-likeness (QED) is 0.869. The zero-order valence-corrected chi connectivity index (χ0v) is 11.1. The molecule has 0 spiro atoms. The Morgan fingerprint density at radius 2 is 2.37 bits per heavy atom. The Morgan fingerprint density at radius 3 is 3.05 bits per heavy atom. The summed E-state index contributed by atoms with van der Waals surface area (Å²) in [5.41, 5.74) is 1.43. The molecular weight excluding hydrogens is 260 g/mol. The zero-order valence-electron chi connectivity index (χ0n) is 10.3. The van der Waals surface area contributed by atoms with Crippen LogP contribution in [0.3, 0.4) is 0 Å². The standard InChI is InChI=1S/C14H12N2O2S/c1-9(7-15)13(17)12-8-19-14(16-12)10-4-3-5-11(6-10)18-2/h3-6,8,13,17H,1H2,2H3. The molecular formula is C14H12N2O2S. The smallest absolute Gasteiger partial charge is 0.131 e. The van der Waals surface area contributed by atoms with E-state index in [-0.39, 0.29) is 5.57 Å². The van der Waals surface area contributed by atoms with Crippen molar-refractivity contribution in [1.82, 2.24) is 4.98 Å². The van der Waals surface area contributed by atoms with E-state index in [1.807, 2.05) is 30.3 Å². The third-order valence-electron chi connectivity index (χ3n) is 2.59. The number of aliphatic hydroxyl groups is 1. The van der Waals surface area contributed by atoms with Crippen LogP contribution in [0.15, 0.2) is 41.8 Å². The van der Waals surface area contributed by atoms with Crippen LogP contribution >= 0.6 is 11.3 Å². The number of rotatable bonds is 4. The van der Waals surface area contributed by atoms with E-state index in [1.54, 1.807) is 12.5 Å². The van der Waals surface area contributed by atoms with Crippen molar-refractivity contribution in [3.63, 3.8) is 0 Å². The first-order valence-corrected chi connectivity index (χ1v) is 6.40. The van der Waals surface area contributed by atoms with Crippen LogP contribution in [0, 0.1) is 11.3 Å². The molecule has 0 saturated heterocycles. The number of nitrogens with zero attached hydrogens (tertiary/aromatic N) is 2. The number of nitriles is 1. The number of methoxy groups -OCH3 is 1. The van der Waals surface area contributed by atoms with E-state index >= 15 is 0 Å². The molecule has 1 heterocycles. The van der Waals surface area contributed by atoms with E-state index in [0.29, 0.717) is 5.69 Å². The summed E-state index contributed by atoms with van der Waals surface area (Å²) in [5, 5.41) is 21.0. The van der Waals surface area contributed by atoms with E-state index in [0.717, 1.165) is 16.3 Å². The molecule has 2 aromatic rings. The molecule has 0 aliphatic heterocycles. The predicted molar refractivity (Wildman–Crippen MR) is 73.8 cm³/mol. The SMILES string of the molecule is C=C(C#N)C(O)c1csc(-c2cccc(OC)c2)n1. The van der Waals surface area contributed by atoms with E-state index in [1.165, 1.54) is 11.3 Å². The number of hydrogen-bond acceptors (Lipinski definition) is 5. The minimum atomic E-state index is -1.04. The molecule has 1 unspecified atom stereocenters. The lowest BCUT2D eigenvalue weighted by Gasteiger charge is -2.04. The summed E-state index contributed by atoms with van der Waals surface area (Å²) in [7, 11) is 1.60. The summed E-state index contributed by atoms with van der Waals surface area (Å²) >= 11 is 1.40. The van der Waals surface area contributed by atoms with Gasteiger partial charge in [0.1, 0.15) is 16.9 Å². The highest BCUT2D eigenvalue weighted by Crippen LogP contribution is 2.30. The Morgan fingerprint density at radius 1 is 1.58 bits per heavy atom. The van der Waals surface area contributed by atoms with Gasteiger partial charge in [-0.1, -0.05) is 18.7 Å². The molecule has 1 N–H and O–H groups in total.